The lowest BCUT2D eigenvalue weighted by Crippen LogP contribution is -2.14. The van der Waals surface area contributed by atoms with Gasteiger partial charge < -0.3 is 10.6 Å². The van der Waals surface area contributed by atoms with Crippen LogP contribution in [0.25, 0.3) is 10.8 Å². The van der Waals surface area contributed by atoms with Crippen LogP contribution in [-0.2, 0) is 11.2 Å². The second kappa shape index (κ2) is 8.40. The SMILES string of the molecule is O=C(Cc1ccccc1)Nc1ccc(NC(=O)c2ccc3ccccc3c2)cc1. The lowest BCUT2D eigenvalue weighted by atomic mass is 10.1. The molecule has 2 amide bonds. The second-order valence-electron chi connectivity index (χ2n) is 6.80. The zero-order valence-electron chi connectivity index (χ0n) is 15.8. The van der Waals surface area contributed by atoms with Crippen LogP contribution in [0.2, 0.25) is 0 Å². The van der Waals surface area contributed by atoms with Gasteiger partial charge in [0, 0.05) is 16.9 Å². The Kier molecular flexibility index (Phi) is 5.34. The summed E-state index contributed by atoms with van der Waals surface area (Å²) in [4.78, 5) is 24.7. The smallest absolute Gasteiger partial charge is 0.255 e. The lowest BCUT2D eigenvalue weighted by Gasteiger charge is -2.09. The average molecular weight is 380 g/mol. The van der Waals surface area contributed by atoms with E-state index in [1.807, 2.05) is 72.8 Å². The summed E-state index contributed by atoms with van der Waals surface area (Å²) in [6.45, 7) is 0. The first-order chi connectivity index (χ1) is 14.2. The Bertz CT molecular complexity index is 1150. The zero-order valence-corrected chi connectivity index (χ0v) is 15.8. The van der Waals surface area contributed by atoms with Crippen LogP contribution in [0.4, 0.5) is 11.4 Å². The van der Waals surface area contributed by atoms with Gasteiger partial charge in [0.25, 0.3) is 5.91 Å². The van der Waals surface area contributed by atoms with Crippen LogP contribution in [0.15, 0.2) is 97.1 Å². The van der Waals surface area contributed by atoms with Crippen LogP contribution < -0.4 is 10.6 Å². The lowest BCUT2D eigenvalue weighted by molar-refractivity contribution is -0.115. The first-order valence-corrected chi connectivity index (χ1v) is 9.41. The Hall–Kier alpha value is -3.92. The minimum atomic E-state index is -0.170. The van der Waals surface area contributed by atoms with E-state index in [-0.39, 0.29) is 11.8 Å². The Labute approximate surface area is 169 Å². The molecule has 0 radical (unpaired) electrons. The molecule has 0 heterocycles. The largest absolute Gasteiger partial charge is 0.326 e. The minimum Gasteiger partial charge on any atom is -0.326 e. The Morgan fingerprint density at radius 3 is 1.97 bits per heavy atom. The molecule has 0 unspecified atom stereocenters. The van der Waals surface area contributed by atoms with E-state index in [9.17, 15) is 9.59 Å². The van der Waals surface area contributed by atoms with E-state index in [0.29, 0.717) is 23.4 Å². The molecular weight excluding hydrogens is 360 g/mol. The van der Waals surface area contributed by atoms with E-state index in [1.165, 1.54) is 0 Å². The highest BCUT2D eigenvalue weighted by molar-refractivity contribution is 6.06. The van der Waals surface area contributed by atoms with Gasteiger partial charge in [0.15, 0.2) is 0 Å². The molecule has 4 aromatic rings. The number of carbonyl (C=O) groups is 2. The van der Waals surface area contributed by atoms with Crippen LogP contribution in [0.3, 0.4) is 0 Å². The van der Waals surface area contributed by atoms with Gasteiger partial charge in [0.2, 0.25) is 5.91 Å². The summed E-state index contributed by atoms with van der Waals surface area (Å²) < 4.78 is 0. The Morgan fingerprint density at radius 2 is 1.24 bits per heavy atom. The summed E-state index contributed by atoms with van der Waals surface area (Å²) in [5, 5.41) is 7.88. The first-order valence-electron chi connectivity index (χ1n) is 9.41. The molecule has 0 bridgehead atoms. The third-order valence-corrected chi connectivity index (χ3v) is 4.65. The third-order valence-electron chi connectivity index (χ3n) is 4.65. The molecule has 142 valence electrons. The van der Waals surface area contributed by atoms with Gasteiger partial charge in [0.1, 0.15) is 0 Å². The van der Waals surface area contributed by atoms with E-state index < -0.39 is 0 Å². The van der Waals surface area contributed by atoms with Gasteiger partial charge in [-0.05, 0) is 52.7 Å². The van der Waals surface area contributed by atoms with Gasteiger partial charge in [-0.1, -0.05) is 60.7 Å². The Morgan fingerprint density at radius 1 is 0.621 bits per heavy atom. The molecule has 4 heteroatoms. The standard InChI is InChI=1S/C25H20N2O2/c28-24(16-18-6-2-1-3-7-18)26-22-12-14-23(15-13-22)27-25(29)21-11-10-19-8-4-5-9-20(19)17-21/h1-15,17H,16H2,(H,26,28)(H,27,29). The molecule has 0 aromatic heterocycles. The number of anilines is 2. The van der Waals surface area contributed by atoms with Gasteiger partial charge in [-0.15, -0.1) is 0 Å². The number of rotatable bonds is 5. The number of fused-ring (bicyclic) bond motifs is 1. The number of nitrogens with one attached hydrogen (secondary N) is 2. The molecule has 0 saturated heterocycles. The van der Waals surface area contributed by atoms with Crippen molar-refractivity contribution in [2.75, 3.05) is 10.6 Å². The summed E-state index contributed by atoms with van der Waals surface area (Å²) in [5.41, 5.74) is 2.92. The van der Waals surface area contributed by atoms with E-state index in [4.69, 9.17) is 0 Å². The van der Waals surface area contributed by atoms with Crippen LogP contribution in [0.5, 0.6) is 0 Å². The predicted molar refractivity (Wildman–Crippen MR) is 117 cm³/mol. The van der Waals surface area contributed by atoms with Crippen molar-refractivity contribution in [1.82, 2.24) is 0 Å². The highest BCUT2D eigenvalue weighted by atomic mass is 16.2. The van der Waals surface area contributed by atoms with E-state index >= 15 is 0 Å². The topological polar surface area (TPSA) is 58.2 Å². The normalized spacial score (nSPS) is 10.5. The van der Waals surface area contributed by atoms with Crippen molar-refractivity contribution in [2.24, 2.45) is 0 Å². The molecule has 2 N–H and O–H groups in total. The van der Waals surface area contributed by atoms with Crippen LogP contribution >= 0.6 is 0 Å². The summed E-state index contributed by atoms with van der Waals surface area (Å²) in [6, 6.07) is 30.3. The van der Waals surface area contributed by atoms with Crippen LogP contribution in [0, 0.1) is 0 Å². The highest BCUT2D eigenvalue weighted by Gasteiger charge is 2.08. The molecule has 0 atom stereocenters. The molecule has 0 aliphatic rings. The van der Waals surface area contributed by atoms with Crippen molar-refractivity contribution in [3.63, 3.8) is 0 Å². The maximum absolute atomic E-state index is 12.5. The minimum absolute atomic E-state index is 0.0795. The highest BCUT2D eigenvalue weighted by Crippen LogP contribution is 2.18. The maximum atomic E-state index is 12.5. The van der Waals surface area contributed by atoms with Crippen LogP contribution in [-0.4, -0.2) is 11.8 Å². The summed E-state index contributed by atoms with van der Waals surface area (Å²) in [6.07, 6.45) is 0.321. The molecule has 0 spiro atoms. The quantitative estimate of drug-likeness (QED) is 0.495. The molecular formula is C25H20N2O2. The number of carbonyl (C=O) groups excluding carboxylic acids is 2. The second-order valence-corrected chi connectivity index (χ2v) is 6.80. The number of benzene rings is 4. The molecule has 4 nitrogen and oxygen atoms in total. The van der Waals surface area contributed by atoms with Crippen molar-refractivity contribution in [1.29, 1.82) is 0 Å². The first kappa shape index (κ1) is 18.4. The van der Waals surface area contributed by atoms with Gasteiger partial charge in [-0.2, -0.15) is 0 Å². The fourth-order valence-electron chi connectivity index (χ4n) is 3.16. The van der Waals surface area contributed by atoms with E-state index in [1.54, 1.807) is 24.3 Å². The van der Waals surface area contributed by atoms with Crippen molar-refractivity contribution < 1.29 is 9.59 Å². The van der Waals surface area contributed by atoms with E-state index in [0.717, 1.165) is 16.3 Å². The van der Waals surface area contributed by atoms with Gasteiger partial charge in [-0.25, -0.2) is 0 Å². The van der Waals surface area contributed by atoms with Gasteiger partial charge >= 0.3 is 0 Å². The molecule has 0 aliphatic heterocycles. The predicted octanol–water partition coefficient (Wildman–Crippen LogP) is 5.27. The summed E-state index contributed by atoms with van der Waals surface area (Å²) >= 11 is 0. The molecule has 0 aliphatic carbocycles. The maximum Gasteiger partial charge on any atom is 0.255 e. The van der Waals surface area contributed by atoms with Gasteiger partial charge in [0.05, 0.1) is 6.42 Å². The van der Waals surface area contributed by atoms with E-state index in [2.05, 4.69) is 10.6 Å². The monoisotopic (exact) mass is 380 g/mol. The van der Waals surface area contributed by atoms with Crippen molar-refractivity contribution in [2.45, 2.75) is 6.42 Å². The van der Waals surface area contributed by atoms with Crippen LogP contribution in [0.1, 0.15) is 15.9 Å². The average Bonchev–Trinajstić information content (AvgIpc) is 2.75. The van der Waals surface area contributed by atoms with Gasteiger partial charge in [-0.3, -0.25) is 9.59 Å². The zero-order chi connectivity index (χ0) is 20.1. The number of amides is 2. The van der Waals surface area contributed by atoms with Crippen molar-refractivity contribution >= 4 is 34.0 Å². The molecule has 0 saturated carbocycles. The van der Waals surface area contributed by atoms with Crippen molar-refractivity contribution in [3.05, 3.63) is 108 Å². The summed E-state index contributed by atoms with van der Waals surface area (Å²) in [7, 11) is 0. The van der Waals surface area contributed by atoms with Crippen molar-refractivity contribution in [3.8, 4) is 0 Å². The molecule has 4 aromatic carbocycles. The fraction of sp³-hybridized carbons (Fsp3) is 0.0400. The number of hydrogen-bond donors (Lipinski definition) is 2. The third kappa shape index (κ3) is 4.68. The summed E-state index contributed by atoms with van der Waals surface area (Å²) in [5.74, 6) is -0.249. The molecule has 0 fully saturated rings. The fourth-order valence-corrected chi connectivity index (χ4v) is 3.16. The Balaban J connectivity index is 1.38. The molecule has 4 rings (SSSR count). The number of hydrogen-bond acceptors (Lipinski definition) is 2. The molecule has 29 heavy (non-hydrogen) atoms.